The van der Waals surface area contributed by atoms with E-state index < -0.39 is 0 Å². The van der Waals surface area contributed by atoms with Gasteiger partial charge in [-0.3, -0.25) is 0 Å². The number of likely N-dealkylation sites (N-methyl/N-ethyl adjacent to an activating group) is 1. The van der Waals surface area contributed by atoms with Crippen molar-refractivity contribution < 1.29 is 4.39 Å². The number of nitrogens with one attached hydrogen (secondary N) is 1. The molecule has 1 rings (SSSR count). The van der Waals surface area contributed by atoms with E-state index >= 15 is 0 Å². The van der Waals surface area contributed by atoms with E-state index in [1.165, 1.54) is 12.1 Å². The van der Waals surface area contributed by atoms with Gasteiger partial charge in [0.05, 0.1) is 0 Å². The zero-order valence-corrected chi connectivity index (χ0v) is 10.9. The van der Waals surface area contributed by atoms with Crippen LogP contribution in [0.1, 0.15) is 24.8 Å². The zero-order valence-electron chi connectivity index (χ0n) is 10.2. The average Bonchev–Trinajstić information content (AvgIpc) is 2.31. The molecule has 0 radical (unpaired) electrons. The molecule has 0 fully saturated rings. The van der Waals surface area contributed by atoms with Gasteiger partial charge < -0.3 is 5.32 Å². The molecule has 0 aliphatic heterocycles. The fourth-order valence-corrected chi connectivity index (χ4v) is 2.05. The molecule has 94 valence electrons. The van der Waals surface area contributed by atoms with E-state index in [0.29, 0.717) is 11.1 Å². The summed E-state index contributed by atoms with van der Waals surface area (Å²) >= 11 is 6.01. The average molecular weight is 256 g/mol. The molecular formula is C14H19ClFN. The summed E-state index contributed by atoms with van der Waals surface area (Å²) in [6, 6.07) is 4.96. The predicted octanol–water partition coefficient (Wildman–Crippen LogP) is 3.97. The number of halogens is 2. The Bertz CT molecular complexity index is 365. The molecule has 0 spiro atoms. The van der Waals surface area contributed by atoms with Gasteiger partial charge in [0.2, 0.25) is 0 Å². The smallest absolute Gasteiger partial charge is 0.124 e. The molecule has 0 amide bonds. The Morgan fingerprint density at radius 3 is 2.88 bits per heavy atom. The van der Waals surface area contributed by atoms with E-state index in [9.17, 15) is 4.39 Å². The lowest BCUT2D eigenvalue weighted by Gasteiger charge is -2.16. The van der Waals surface area contributed by atoms with E-state index in [4.69, 9.17) is 11.6 Å². The van der Waals surface area contributed by atoms with Gasteiger partial charge in [0, 0.05) is 11.1 Å². The molecular weight excluding hydrogens is 237 g/mol. The summed E-state index contributed by atoms with van der Waals surface area (Å²) in [5.74, 6) is -0.286. The standard InChI is InChI=1S/C14H19ClFN/c1-3-4-5-6-13(17-2)9-11-7-8-12(16)10-14(11)15/h3,7-8,10,13,17H,1,4-6,9H2,2H3. The molecule has 0 bridgehead atoms. The van der Waals surface area contributed by atoms with Crippen LogP contribution >= 0.6 is 11.6 Å². The fourth-order valence-electron chi connectivity index (χ4n) is 1.81. The van der Waals surface area contributed by atoms with Gasteiger partial charge >= 0.3 is 0 Å². The van der Waals surface area contributed by atoms with Crippen molar-refractivity contribution in [1.29, 1.82) is 0 Å². The quantitative estimate of drug-likeness (QED) is 0.574. The summed E-state index contributed by atoms with van der Waals surface area (Å²) in [6.45, 7) is 3.71. The molecule has 0 aromatic heterocycles. The maximum absolute atomic E-state index is 12.9. The lowest BCUT2D eigenvalue weighted by Crippen LogP contribution is -2.27. The van der Waals surface area contributed by atoms with Crippen LogP contribution in [0, 0.1) is 5.82 Å². The molecule has 1 atom stereocenters. The molecule has 1 nitrogen and oxygen atoms in total. The summed E-state index contributed by atoms with van der Waals surface area (Å²) in [4.78, 5) is 0. The second-order valence-corrected chi connectivity index (χ2v) is 4.55. The van der Waals surface area contributed by atoms with E-state index in [1.54, 1.807) is 6.07 Å². The molecule has 0 saturated carbocycles. The first-order chi connectivity index (χ1) is 8.17. The van der Waals surface area contributed by atoms with E-state index in [2.05, 4.69) is 11.9 Å². The van der Waals surface area contributed by atoms with Crippen LogP contribution < -0.4 is 5.32 Å². The number of rotatable bonds is 7. The lowest BCUT2D eigenvalue weighted by molar-refractivity contribution is 0.504. The maximum Gasteiger partial charge on any atom is 0.124 e. The van der Waals surface area contributed by atoms with Crippen molar-refractivity contribution in [3.05, 3.63) is 47.3 Å². The Labute approximate surface area is 108 Å². The number of benzene rings is 1. The van der Waals surface area contributed by atoms with E-state index in [0.717, 1.165) is 31.2 Å². The molecule has 0 aliphatic rings. The predicted molar refractivity (Wildman–Crippen MR) is 72.0 cm³/mol. The minimum Gasteiger partial charge on any atom is -0.317 e. The Morgan fingerprint density at radius 2 is 2.29 bits per heavy atom. The van der Waals surface area contributed by atoms with Crippen molar-refractivity contribution in [2.24, 2.45) is 0 Å². The van der Waals surface area contributed by atoms with Crippen LogP contribution in [-0.4, -0.2) is 13.1 Å². The highest BCUT2D eigenvalue weighted by molar-refractivity contribution is 6.31. The summed E-state index contributed by atoms with van der Waals surface area (Å²) in [5, 5.41) is 3.77. The van der Waals surface area contributed by atoms with Gasteiger partial charge in [-0.2, -0.15) is 0 Å². The Hall–Kier alpha value is -0.860. The van der Waals surface area contributed by atoms with Crippen LogP contribution in [0.4, 0.5) is 4.39 Å². The molecule has 1 aromatic carbocycles. The fraction of sp³-hybridized carbons (Fsp3) is 0.429. The highest BCUT2D eigenvalue weighted by Gasteiger charge is 2.09. The first-order valence-electron chi connectivity index (χ1n) is 5.89. The molecule has 1 unspecified atom stereocenters. The van der Waals surface area contributed by atoms with Gasteiger partial charge in [-0.25, -0.2) is 4.39 Å². The van der Waals surface area contributed by atoms with Crippen molar-refractivity contribution >= 4 is 11.6 Å². The third kappa shape index (κ3) is 4.88. The normalized spacial score (nSPS) is 12.4. The summed E-state index contributed by atoms with van der Waals surface area (Å²) in [6.07, 6.45) is 5.95. The minimum absolute atomic E-state index is 0.286. The van der Waals surface area contributed by atoms with Crippen LogP contribution in [0.5, 0.6) is 0 Å². The lowest BCUT2D eigenvalue weighted by atomic mass is 10.0. The molecule has 1 N–H and O–H groups in total. The first kappa shape index (κ1) is 14.2. The van der Waals surface area contributed by atoms with Crippen molar-refractivity contribution in [2.75, 3.05) is 7.05 Å². The first-order valence-corrected chi connectivity index (χ1v) is 6.27. The topological polar surface area (TPSA) is 12.0 Å². The minimum atomic E-state index is -0.286. The third-order valence-corrected chi connectivity index (χ3v) is 3.20. The Kier molecular flexibility index (Phi) is 6.23. The monoisotopic (exact) mass is 255 g/mol. The molecule has 0 heterocycles. The molecule has 0 saturated heterocycles. The van der Waals surface area contributed by atoms with Crippen LogP contribution in [0.15, 0.2) is 30.9 Å². The maximum atomic E-state index is 12.9. The largest absolute Gasteiger partial charge is 0.317 e. The van der Waals surface area contributed by atoms with Crippen LogP contribution in [-0.2, 0) is 6.42 Å². The number of hydrogen-bond donors (Lipinski definition) is 1. The van der Waals surface area contributed by atoms with Crippen LogP contribution in [0.2, 0.25) is 5.02 Å². The van der Waals surface area contributed by atoms with Gasteiger partial charge in [-0.15, -0.1) is 6.58 Å². The number of unbranched alkanes of at least 4 members (excludes halogenated alkanes) is 1. The van der Waals surface area contributed by atoms with Crippen molar-refractivity contribution in [2.45, 2.75) is 31.7 Å². The van der Waals surface area contributed by atoms with Crippen molar-refractivity contribution in [3.8, 4) is 0 Å². The molecule has 3 heteroatoms. The molecule has 0 aliphatic carbocycles. The highest BCUT2D eigenvalue weighted by atomic mass is 35.5. The summed E-state index contributed by atoms with van der Waals surface area (Å²) in [5.41, 5.74) is 0.992. The van der Waals surface area contributed by atoms with Crippen molar-refractivity contribution in [1.82, 2.24) is 5.32 Å². The number of hydrogen-bond acceptors (Lipinski definition) is 1. The van der Waals surface area contributed by atoms with E-state index in [-0.39, 0.29) is 5.82 Å². The molecule has 17 heavy (non-hydrogen) atoms. The van der Waals surface area contributed by atoms with Crippen molar-refractivity contribution in [3.63, 3.8) is 0 Å². The second kappa shape index (κ2) is 7.46. The van der Waals surface area contributed by atoms with Crippen LogP contribution in [0.25, 0.3) is 0 Å². The Balaban J connectivity index is 2.57. The third-order valence-electron chi connectivity index (χ3n) is 2.85. The van der Waals surface area contributed by atoms with Gasteiger partial charge in [-0.05, 0) is 50.4 Å². The summed E-state index contributed by atoms with van der Waals surface area (Å²) in [7, 11) is 1.94. The zero-order chi connectivity index (χ0) is 12.7. The second-order valence-electron chi connectivity index (χ2n) is 4.15. The van der Waals surface area contributed by atoms with Crippen LogP contribution in [0.3, 0.4) is 0 Å². The van der Waals surface area contributed by atoms with Gasteiger partial charge in [0.25, 0.3) is 0 Å². The van der Waals surface area contributed by atoms with Gasteiger partial charge in [-0.1, -0.05) is 23.7 Å². The summed E-state index contributed by atoms with van der Waals surface area (Å²) < 4.78 is 12.9. The van der Waals surface area contributed by atoms with Gasteiger partial charge in [0.1, 0.15) is 5.82 Å². The molecule has 1 aromatic rings. The SMILES string of the molecule is C=CCCCC(Cc1ccc(F)cc1Cl)NC. The number of allylic oxidation sites excluding steroid dienone is 1. The van der Waals surface area contributed by atoms with Gasteiger partial charge in [0.15, 0.2) is 0 Å². The van der Waals surface area contributed by atoms with E-state index in [1.807, 2.05) is 13.1 Å². The Morgan fingerprint density at radius 1 is 1.53 bits per heavy atom. The highest BCUT2D eigenvalue weighted by Crippen LogP contribution is 2.20.